The zero-order valence-electron chi connectivity index (χ0n) is 16.5. The van der Waals surface area contributed by atoms with Crippen molar-refractivity contribution in [1.29, 1.82) is 0 Å². The Morgan fingerprint density at radius 1 is 1.03 bits per heavy atom. The third-order valence-corrected chi connectivity index (χ3v) is 5.89. The molecule has 0 bridgehead atoms. The second kappa shape index (κ2) is 9.12. The molecule has 1 fully saturated rings. The molecule has 154 valence electrons. The van der Waals surface area contributed by atoms with Crippen molar-refractivity contribution in [3.05, 3.63) is 69.7 Å². The summed E-state index contributed by atoms with van der Waals surface area (Å²) in [6.07, 6.45) is 0. The number of likely N-dealkylation sites (N-methyl/N-ethyl adjacent to an activating group) is 1. The van der Waals surface area contributed by atoms with Crippen LogP contribution in [0.2, 0.25) is 5.02 Å². The molecule has 1 N–H and O–H groups in total. The summed E-state index contributed by atoms with van der Waals surface area (Å²) in [7, 11) is 2.13. The van der Waals surface area contributed by atoms with Crippen molar-refractivity contribution in [2.75, 3.05) is 43.4 Å². The number of carbonyl (C=O) groups excluding carboxylic acids is 1. The summed E-state index contributed by atoms with van der Waals surface area (Å²) in [6.45, 7) is 3.94. The molecule has 0 radical (unpaired) electrons. The molecule has 4 rings (SSSR count). The summed E-state index contributed by atoms with van der Waals surface area (Å²) in [5.41, 5.74) is 2.71. The van der Waals surface area contributed by atoms with Gasteiger partial charge in [0.05, 0.1) is 16.3 Å². The molecular formula is C22H21BrClN5O. The number of piperazine rings is 1. The SMILES string of the molecule is CN1CCN(c2ccc(-c3cccc(NC(=O)c4cc(Br)ccc4Cl)c3)nn2)CC1. The van der Waals surface area contributed by atoms with Gasteiger partial charge in [0.15, 0.2) is 5.82 Å². The quantitative estimate of drug-likeness (QED) is 0.586. The fourth-order valence-corrected chi connectivity index (χ4v) is 3.87. The van der Waals surface area contributed by atoms with Crippen molar-refractivity contribution in [3.8, 4) is 11.3 Å². The molecule has 3 aromatic rings. The number of aromatic nitrogens is 2. The molecule has 0 aliphatic carbocycles. The number of hydrogen-bond donors (Lipinski definition) is 1. The molecule has 2 aromatic carbocycles. The van der Waals surface area contributed by atoms with E-state index in [9.17, 15) is 4.79 Å². The van der Waals surface area contributed by atoms with Crippen LogP contribution in [0.5, 0.6) is 0 Å². The molecule has 1 saturated heterocycles. The van der Waals surface area contributed by atoms with Gasteiger partial charge < -0.3 is 15.1 Å². The van der Waals surface area contributed by atoms with E-state index in [0.29, 0.717) is 16.3 Å². The van der Waals surface area contributed by atoms with E-state index in [2.05, 4.69) is 48.3 Å². The molecule has 0 atom stereocenters. The molecule has 1 aliphatic heterocycles. The van der Waals surface area contributed by atoms with Gasteiger partial charge in [0.2, 0.25) is 0 Å². The second-order valence-electron chi connectivity index (χ2n) is 7.23. The Bertz CT molecular complexity index is 1050. The topological polar surface area (TPSA) is 61.4 Å². The Hall–Kier alpha value is -2.48. The number of rotatable bonds is 4. The van der Waals surface area contributed by atoms with E-state index in [0.717, 1.165) is 47.7 Å². The number of carbonyl (C=O) groups is 1. The van der Waals surface area contributed by atoms with Crippen molar-refractivity contribution < 1.29 is 4.79 Å². The normalized spacial score (nSPS) is 14.6. The third-order valence-electron chi connectivity index (χ3n) is 5.07. The number of nitrogens with zero attached hydrogens (tertiary/aromatic N) is 4. The number of amides is 1. The van der Waals surface area contributed by atoms with Crippen LogP contribution >= 0.6 is 27.5 Å². The van der Waals surface area contributed by atoms with Crippen molar-refractivity contribution >= 4 is 44.9 Å². The molecule has 6 nitrogen and oxygen atoms in total. The van der Waals surface area contributed by atoms with E-state index < -0.39 is 0 Å². The Morgan fingerprint density at radius 2 is 1.83 bits per heavy atom. The smallest absolute Gasteiger partial charge is 0.257 e. The molecule has 0 unspecified atom stereocenters. The van der Waals surface area contributed by atoms with Crippen LogP contribution in [0.3, 0.4) is 0 Å². The number of benzene rings is 2. The Kier molecular flexibility index (Phi) is 6.32. The van der Waals surface area contributed by atoms with Gasteiger partial charge in [-0.15, -0.1) is 10.2 Å². The average molecular weight is 487 g/mol. The van der Waals surface area contributed by atoms with Gasteiger partial charge in [0, 0.05) is 41.9 Å². The van der Waals surface area contributed by atoms with Crippen LogP contribution in [0.1, 0.15) is 10.4 Å². The largest absolute Gasteiger partial charge is 0.353 e. The standard InChI is InChI=1S/C22H21BrClN5O/c1-28-9-11-29(12-10-28)21-8-7-20(26-27-21)15-3-2-4-17(13-15)25-22(30)18-14-16(23)5-6-19(18)24/h2-8,13-14H,9-12H2,1H3,(H,25,30). The van der Waals surface area contributed by atoms with Gasteiger partial charge in [-0.3, -0.25) is 4.79 Å². The summed E-state index contributed by atoms with van der Waals surface area (Å²) < 4.78 is 0.793. The van der Waals surface area contributed by atoms with Crippen LogP contribution in [0, 0.1) is 0 Å². The summed E-state index contributed by atoms with van der Waals surface area (Å²) >= 11 is 9.53. The van der Waals surface area contributed by atoms with E-state index in [1.165, 1.54) is 0 Å². The second-order valence-corrected chi connectivity index (χ2v) is 8.55. The maximum atomic E-state index is 12.6. The van der Waals surface area contributed by atoms with Crippen LogP contribution in [0.25, 0.3) is 11.3 Å². The number of nitrogens with one attached hydrogen (secondary N) is 1. The Labute approximate surface area is 189 Å². The summed E-state index contributed by atoms with van der Waals surface area (Å²) in [4.78, 5) is 17.2. The van der Waals surface area contributed by atoms with E-state index in [1.54, 1.807) is 18.2 Å². The highest BCUT2D eigenvalue weighted by molar-refractivity contribution is 9.10. The lowest BCUT2D eigenvalue weighted by atomic mass is 10.1. The highest BCUT2D eigenvalue weighted by atomic mass is 79.9. The molecule has 1 aliphatic rings. The highest BCUT2D eigenvalue weighted by Gasteiger charge is 2.16. The molecule has 0 spiro atoms. The summed E-state index contributed by atoms with van der Waals surface area (Å²) in [5.74, 6) is 0.621. The van der Waals surface area contributed by atoms with Crippen LogP contribution in [-0.4, -0.2) is 54.2 Å². The lowest BCUT2D eigenvalue weighted by molar-refractivity contribution is 0.102. The minimum atomic E-state index is -0.269. The first-order valence-electron chi connectivity index (χ1n) is 9.64. The Morgan fingerprint density at radius 3 is 2.57 bits per heavy atom. The Balaban J connectivity index is 1.49. The van der Waals surface area contributed by atoms with Gasteiger partial charge in [0.25, 0.3) is 5.91 Å². The van der Waals surface area contributed by atoms with Crippen molar-refractivity contribution in [2.24, 2.45) is 0 Å². The highest BCUT2D eigenvalue weighted by Crippen LogP contribution is 2.25. The van der Waals surface area contributed by atoms with Crippen molar-refractivity contribution in [1.82, 2.24) is 15.1 Å². The minimum absolute atomic E-state index is 0.269. The zero-order chi connectivity index (χ0) is 21.1. The van der Waals surface area contributed by atoms with E-state index in [4.69, 9.17) is 11.6 Å². The number of halogens is 2. The van der Waals surface area contributed by atoms with E-state index in [-0.39, 0.29) is 5.91 Å². The first-order chi connectivity index (χ1) is 14.5. The van der Waals surface area contributed by atoms with Crippen molar-refractivity contribution in [2.45, 2.75) is 0 Å². The van der Waals surface area contributed by atoms with Gasteiger partial charge in [-0.1, -0.05) is 39.7 Å². The fourth-order valence-electron chi connectivity index (χ4n) is 3.31. The van der Waals surface area contributed by atoms with Crippen LogP contribution in [0.15, 0.2) is 59.1 Å². The molecular weight excluding hydrogens is 466 g/mol. The van der Waals surface area contributed by atoms with Gasteiger partial charge >= 0.3 is 0 Å². The molecule has 0 saturated carbocycles. The summed E-state index contributed by atoms with van der Waals surface area (Å²) in [5, 5.41) is 12.1. The average Bonchev–Trinajstić information content (AvgIpc) is 2.76. The van der Waals surface area contributed by atoms with Gasteiger partial charge in [-0.05, 0) is 49.5 Å². The van der Waals surface area contributed by atoms with Gasteiger partial charge in [0.1, 0.15) is 0 Å². The van der Waals surface area contributed by atoms with Gasteiger partial charge in [-0.25, -0.2) is 0 Å². The van der Waals surface area contributed by atoms with E-state index >= 15 is 0 Å². The predicted molar refractivity (Wildman–Crippen MR) is 124 cm³/mol. The van der Waals surface area contributed by atoms with Crippen LogP contribution < -0.4 is 10.2 Å². The molecule has 30 heavy (non-hydrogen) atoms. The maximum Gasteiger partial charge on any atom is 0.257 e. The molecule has 8 heteroatoms. The van der Waals surface area contributed by atoms with Crippen LogP contribution in [-0.2, 0) is 0 Å². The number of anilines is 2. The zero-order valence-corrected chi connectivity index (χ0v) is 18.8. The molecule has 2 heterocycles. The van der Waals surface area contributed by atoms with Crippen molar-refractivity contribution in [3.63, 3.8) is 0 Å². The monoisotopic (exact) mass is 485 g/mol. The maximum absolute atomic E-state index is 12.6. The van der Waals surface area contributed by atoms with Gasteiger partial charge in [-0.2, -0.15) is 0 Å². The predicted octanol–water partition coefficient (Wildman–Crippen LogP) is 4.56. The number of hydrogen-bond acceptors (Lipinski definition) is 5. The third kappa shape index (κ3) is 4.80. The van der Waals surface area contributed by atoms with Crippen LogP contribution in [0.4, 0.5) is 11.5 Å². The lowest BCUT2D eigenvalue weighted by Crippen LogP contribution is -2.44. The summed E-state index contributed by atoms with van der Waals surface area (Å²) in [6, 6.07) is 16.7. The van der Waals surface area contributed by atoms with E-state index in [1.807, 2.05) is 36.4 Å². The molecule has 1 amide bonds. The minimum Gasteiger partial charge on any atom is -0.353 e. The fraction of sp³-hybridized carbons (Fsp3) is 0.227. The first kappa shape index (κ1) is 20.8. The molecule has 1 aromatic heterocycles. The first-order valence-corrected chi connectivity index (χ1v) is 10.8. The lowest BCUT2D eigenvalue weighted by Gasteiger charge is -2.32.